The van der Waals surface area contributed by atoms with E-state index >= 15 is 0 Å². The van der Waals surface area contributed by atoms with Gasteiger partial charge in [-0.05, 0) is 48.8 Å². The third-order valence-corrected chi connectivity index (χ3v) is 4.90. The lowest BCUT2D eigenvalue weighted by Gasteiger charge is -2.29. The molecule has 1 aliphatic heterocycles. The Morgan fingerprint density at radius 1 is 1.20 bits per heavy atom. The zero-order valence-corrected chi connectivity index (χ0v) is 12.6. The van der Waals surface area contributed by atoms with E-state index in [1.54, 1.807) is 0 Å². The fraction of sp³-hybridized carbons (Fsp3) is 0.667. The van der Waals surface area contributed by atoms with Crippen LogP contribution in [0.5, 0.6) is 0 Å². The average molecular weight is 273 g/mol. The fourth-order valence-electron chi connectivity index (χ4n) is 3.81. The molecule has 3 rings (SSSR count). The Morgan fingerprint density at radius 2 is 2.10 bits per heavy atom. The van der Waals surface area contributed by atoms with Crippen LogP contribution in [-0.2, 0) is 11.2 Å². The molecule has 3 atom stereocenters. The van der Waals surface area contributed by atoms with Gasteiger partial charge in [0, 0.05) is 6.54 Å². The van der Waals surface area contributed by atoms with Gasteiger partial charge >= 0.3 is 0 Å². The van der Waals surface area contributed by atoms with E-state index in [1.807, 2.05) is 0 Å². The predicted octanol–water partition coefficient (Wildman–Crippen LogP) is 3.72. The minimum absolute atomic E-state index is 0.251. The Balaban J connectivity index is 1.49. The van der Waals surface area contributed by atoms with Crippen LogP contribution in [0.1, 0.15) is 49.8 Å². The number of hydrogen-bond donors (Lipinski definition) is 1. The zero-order chi connectivity index (χ0) is 13.8. The van der Waals surface area contributed by atoms with Crippen molar-refractivity contribution in [2.75, 3.05) is 19.7 Å². The molecule has 0 aromatic heterocycles. The summed E-state index contributed by atoms with van der Waals surface area (Å²) in [5.41, 5.74) is 2.86. The molecule has 3 unspecified atom stereocenters. The highest BCUT2D eigenvalue weighted by Gasteiger charge is 2.22. The van der Waals surface area contributed by atoms with Crippen LogP contribution in [0.15, 0.2) is 24.3 Å². The highest BCUT2D eigenvalue weighted by atomic mass is 16.5. The number of rotatable bonds is 4. The molecule has 1 fully saturated rings. The molecule has 1 aliphatic carbocycles. The fourth-order valence-corrected chi connectivity index (χ4v) is 3.81. The van der Waals surface area contributed by atoms with E-state index in [2.05, 4.69) is 36.5 Å². The van der Waals surface area contributed by atoms with Crippen molar-refractivity contribution in [3.05, 3.63) is 35.4 Å². The van der Waals surface area contributed by atoms with Crippen molar-refractivity contribution >= 4 is 0 Å². The van der Waals surface area contributed by atoms with Crippen LogP contribution in [0.3, 0.4) is 0 Å². The molecule has 2 heteroatoms. The smallest absolute Gasteiger partial charge is 0.0952 e. The van der Waals surface area contributed by atoms with Gasteiger partial charge in [0.25, 0.3) is 0 Å². The van der Waals surface area contributed by atoms with Crippen LogP contribution in [0, 0.1) is 11.8 Å². The lowest BCUT2D eigenvalue weighted by Crippen LogP contribution is -2.32. The Hall–Kier alpha value is -0.860. The van der Waals surface area contributed by atoms with Crippen molar-refractivity contribution in [3.63, 3.8) is 0 Å². The van der Waals surface area contributed by atoms with E-state index in [9.17, 15) is 0 Å². The first kappa shape index (κ1) is 14.1. The van der Waals surface area contributed by atoms with Gasteiger partial charge in [0.05, 0.1) is 12.7 Å². The van der Waals surface area contributed by atoms with Crippen LogP contribution in [0.25, 0.3) is 0 Å². The van der Waals surface area contributed by atoms with Gasteiger partial charge in [-0.25, -0.2) is 0 Å². The zero-order valence-electron chi connectivity index (χ0n) is 12.6. The molecule has 20 heavy (non-hydrogen) atoms. The summed E-state index contributed by atoms with van der Waals surface area (Å²) in [5, 5.41) is 3.66. The SMILES string of the molecule is CC1CCCC(CNCC2OCCc3ccccc32)C1. The molecule has 1 aromatic rings. The van der Waals surface area contributed by atoms with Crippen LogP contribution in [-0.4, -0.2) is 19.7 Å². The van der Waals surface area contributed by atoms with Crippen LogP contribution < -0.4 is 5.32 Å². The molecule has 0 saturated heterocycles. The summed E-state index contributed by atoms with van der Waals surface area (Å²) in [6, 6.07) is 8.73. The molecule has 1 saturated carbocycles. The molecule has 0 spiro atoms. The molecule has 1 N–H and O–H groups in total. The van der Waals surface area contributed by atoms with Gasteiger partial charge in [0.1, 0.15) is 0 Å². The number of hydrogen-bond acceptors (Lipinski definition) is 2. The lowest BCUT2D eigenvalue weighted by atomic mass is 9.82. The maximum atomic E-state index is 5.95. The molecule has 1 heterocycles. The van der Waals surface area contributed by atoms with Gasteiger partial charge < -0.3 is 10.1 Å². The van der Waals surface area contributed by atoms with Crippen molar-refractivity contribution in [2.24, 2.45) is 11.8 Å². The summed E-state index contributed by atoms with van der Waals surface area (Å²) < 4.78 is 5.95. The molecular formula is C18H27NO. The first-order chi connectivity index (χ1) is 9.83. The molecular weight excluding hydrogens is 246 g/mol. The first-order valence-corrected chi connectivity index (χ1v) is 8.23. The van der Waals surface area contributed by atoms with E-state index < -0.39 is 0 Å². The minimum atomic E-state index is 0.251. The third-order valence-electron chi connectivity index (χ3n) is 4.90. The second kappa shape index (κ2) is 6.73. The number of fused-ring (bicyclic) bond motifs is 1. The molecule has 2 aliphatic rings. The Bertz CT molecular complexity index is 431. The monoisotopic (exact) mass is 273 g/mol. The molecule has 0 amide bonds. The van der Waals surface area contributed by atoms with Crippen LogP contribution in [0.2, 0.25) is 0 Å². The van der Waals surface area contributed by atoms with Crippen molar-refractivity contribution in [2.45, 2.75) is 45.1 Å². The normalized spacial score (nSPS) is 29.9. The molecule has 110 valence electrons. The van der Waals surface area contributed by atoms with Crippen molar-refractivity contribution in [3.8, 4) is 0 Å². The quantitative estimate of drug-likeness (QED) is 0.903. The standard InChI is InChI=1S/C18H27NO/c1-14-5-4-6-15(11-14)12-19-13-18-17-8-3-2-7-16(17)9-10-20-18/h2-3,7-8,14-15,18-19H,4-6,9-13H2,1H3. The maximum Gasteiger partial charge on any atom is 0.0952 e. The highest BCUT2D eigenvalue weighted by Crippen LogP contribution is 2.29. The second-order valence-electron chi connectivity index (χ2n) is 6.60. The summed E-state index contributed by atoms with van der Waals surface area (Å²) in [5.74, 6) is 1.79. The van der Waals surface area contributed by atoms with E-state index in [-0.39, 0.29) is 6.10 Å². The lowest BCUT2D eigenvalue weighted by molar-refractivity contribution is 0.0415. The highest BCUT2D eigenvalue weighted by molar-refractivity contribution is 5.31. The first-order valence-electron chi connectivity index (χ1n) is 8.23. The molecule has 1 aromatic carbocycles. The van der Waals surface area contributed by atoms with Crippen LogP contribution >= 0.6 is 0 Å². The van der Waals surface area contributed by atoms with Crippen molar-refractivity contribution in [1.82, 2.24) is 5.32 Å². The maximum absolute atomic E-state index is 5.95. The van der Waals surface area contributed by atoms with Gasteiger partial charge in [-0.15, -0.1) is 0 Å². The third kappa shape index (κ3) is 3.42. The second-order valence-corrected chi connectivity index (χ2v) is 6.60. The Labute approximate surface area is 122 Å². The van der Waals surface area contributed by atoms with Crippen molar-refractivity contribution in [1.29, 1.82) is 0 Å². The van der Waals surface area contributed by atoms with Crippen LogP contribution in [0.4, 0.5) is 0 Å². The molecule has 0 radical (unpaired) electrons. The topological polar surface area (TPSA) is 21.3 Å². The Morgan fingerprint density at radius 3 is 3.00 bits per heavy atom. The van der Waals surface area contributed by atoms with E-state index in [4.69, 9.17) is 4.74 Å². The van der Waals surface area contributed by atoms with Gasteiger partial charge in [-0.2, -0.15) is 0 Å². The van der Waals surface area contributed by atoms with E-state index in [0.717, 1.165) is 38.0 Å². The van der Waals surface area contributed by atoms with Crippen molar-refractivity contribution < 1.29 is 4.74 Å². The van der Waals surface area contributed by atoms with E-state index in [0.29, 0.717) is 0 Å². The molecule has 0 bridgehead atoms. The Kier molecular flexibility index (Phi) is 4.74. The minimum Gasteiger partial charge on any atom is -0.372 e. The van der Waals surface area contributed by atoms with E-state index in [1.165, 1.54) is 36.8 Å². The largest absolute Gasteiger partial charge is 0.372 e. The van der Waals surface area contributed by atoms with Gasteiger partial charge in [0.2, 0.25) is 0 Å². The summed E-state index contributed by atoms with van der Waals surface area (Å²) in [6.07, 6.45) is 6.95. The summed E-state index contributed by atoms with van der Waals surface area (Å²) in [6.45, 7) is 5.38. The van der Waals surface area contributed by atoms with Gasteiger partial charge in [-0.1, -0.05) is 44.0 Å². The van der Waals surface area contributed by atoms with Gasteiger partial charge in [-0.3, -0.25) is 0 Å². The average Bonchev–Trinajstić information content (AvgIpc) is 2.48. The number of benzene rings is 1. The summed E-state index contributed by atoms with van der Waals surface area (Å²) in [4.78, 5) is 0. The van der Waals surface area contributed by atoms with Gasteiger partial charge in [0.15, 0.2) is 0 Å². The molecule has 2 nitrogen and oxygen atoms in total. The predicted molar refractivity (Wildman–Crippen MR) is 82.8 cm³/mol. The summed E-state index contributed by atoms with van der Waals surface area (Å²) in [7, 11) is 0. The summed E-state index contributed by atoms with van der Waals surface area (Å²) >= 11 is 0. The number of nitrogens with one attached hydrogen (secondary N) is 1. The number of ether oxygens (including phenoxy) is 1.